The molecule has 0 heterocycles. The van der Waals surface area contributed by atoms with E-state index in [2.05, 4.69) is 0 Å². The summed E-state index contributed by atoms with van der Waals surface area (Å²) in [6.07, 6.45) is -4.73. The van der Waals surface area contributed by atoms with Crippen LogP contribution in [0.25, 0.3) is 0 Å². The Kier molecular flexibility index (Phi) is 2.83. The summed E-state index contributed by atoms with van der Waals surface area (Å²) in [6, 6.07) is 1.65. The number of carbonyl (C=O) groups is 1. The van der Waals surface area contributed by atoms with Crippen molar-refractivity contribution in [2.75, 3.05) is 0 Å². The van der Waals surface area contributed by atoms with E-state index >= 15 is 0 Å². The fourth-order valence-electron chi connectivity index (χ4n) is 1.31. The highest BCUT2D eigenvalue weighted by atomic mass is 19.4. The molecule has 0 amide bonds. The zero-order chi connectivity index (χ0) is 11.8. The van der Waals surface area contributed by atoms with Crippen LogP contribution in [0.3, 0.4) is 0 Å². The highest BCUT2D eigenvalue weighted by Gasteiger charge is 2.36. The molecule has 1 aromatic carbocycles. The SMILES string of the molecule is CC(=O)c1cc(C)c(C(F)(F)F)c(F)c1. The molecule has 15 heavy (non-hydrogen) atoms. The summed E-state index contributed by atoms with van der Waals surface area (Å²) >= 11 is 0. The van der Waals surface area contributed by atoms with Gasteiger partial charge in [0.05, 0.1) is 5.56 Å². The van der Waals surface area contributed by atoms with Gasteiger partial charge in [-0.15, -0.1) is 0 Å². The largest absolute Gasteiger partial charge is 0.419 e. The second-order valence-corrected chi connectivity index (χ2v) is 3.20. The molecule has 0 bridgehead atoms. The van der Waals surface area contributed by atoms with Gasteiger partial charge in [0.2, 0.25) is 0 Å². The van der Waals surface area contributed by atoms with Crippen LogP contribution in [0, 0.1) is 12.7 Å². The minimum Gasteiger partial charge on any atom is -0.295 e. The molecule has 0 aromatic heterocycles. The number of halogens is 4. The van der Waals surface area contributed by atoms with E-state index in [-0.39, 0.29) is 11.1 Å². The molecule has 0 aliphatic carbocycles. The van der Waals surface area contributed by atoms with Gasteiger partial charge in [-0.05, 0) is 31.5 Å². The van der Waals surface area contributed by atoms with Crippen molar-refractivity contribution in [2.45, 2.75) is 20.0 Å². The number of Topliss-reactive ketones (excluding diaryl/α,β-unsaturated/α-hetero) is 1. The molecule has 0 N–H and O–H groups in total. The van der Waals surface area contributed by atoms with Gasteiger partial charge in [0.25, 0.3) is 0 Å². The molecule has 1 aromatic rings. The third-order valence-corrected chi connectivity index (χ3v) is 1.98. The Bertz CT molecular complexity index is 383. The molecule has 1 rings (SSSR count). The fraction of sp³-hybridized carbons (Fsp3) is 0.300. The van der Waals surface area contributed by atoms with E-state index in [4.69, 9.17) is 0 Å². The Morgan fingerprint density at radius 2 is 1.80 bits per heavy atom. The van der Waals surface area contributed by atoms with Gasteiger partial charge >= 0.3 is 6.18 Å². The maximum absolute atomic E-state index is 13.1. The first kappa shape index (κ1) is 11.7. The minimum atomic E-state index is -4.73. The Labute approximate surface area is 83.7 Å². The van der Waals surface area contributed by atoms with Gasteiger partial charge in [-0.25, -0.2) is 4.39 Å². The highest BCUT2D eigenvalue weighted by Crippen LogP contribution is 2.34. The van der Waals surface area contributed by atoms with Crippen molar-refractivity contribution in [3.63, 3.8) is 0 Å². The van der Waals surface area contributed by atoms with Gasteiger partial charge in [0.1, 0.15) is 5.82 Å². The monoisotopic (exact) mass is 220 g/mol. The van der Waals surface area contributed by atoms with E-state index in [0.29, 0.717) is 6.07 Å². The number of hydrogen-bond donors (Lipinski definition) is 0. The minimum absolute atomic E-state index is 0.0574. The lowest BCUT2D eigenvalue weighted by atomic mass is 10.0. The molecule has 0 aliphatic rings. The normalized spacial score (nSPS) is 11.6. The first-order valence-corrected chi connectivity index (χ1v) is 4.11. The Morgan fingerprint density at radius 3 is 2.13 bits per heavy atom. The maximum atomic E-state index is 13.1. The highest BCUT2D eigenvalue weighted by molar-refractivity contribution is 5.94. The van der Waals surface area contributed by atoms with Crippen molar-refractivity contribution in [2.24, 2.45) is 0 Å². The van der Waals surface area contributed by atoms with Crippen LogP contribution < -0.4 is 0 Å². The summed E-state index contributed by atoms with van der Waals surface area (Å²) in [7, 11) is 0. The van der Waals surface area contributed by atoms with Crippen molar-refractivity contribution in [3.8, 4) is 0 Å². The third-order valence-electron chi connectivity index (χ3n) is 1.98. The standard InChI is InChI=1S/C10H8F4O/c1-5-3-7(6(2)15)4-8(11)9(5)10(12,13)14/h3-4H,1-2H3. The number of rotatable bonds is 1. The summed E-state index contributed by atoms with van der Waals surface area (Å²) in [5.74, 6) is -1.88. The zero-order valence-corrected chi connectivity index (χ0v) is 8.07. The Morgan fingerprint density at radius 1 is 1.27 bits per heavy atom. The quantitative estimate of drug-likeness (QED) is 0.524. The van der Waals surface area contributed by atoms with Gasteiger partial charge < -0.3 is 0 Å². The number of ketones is 1. The number of hydrogen-bond acceptors (Lipinski definition) is 1. The lowest BCUT2D eigenvalue weighted by molar-refractivity contribution is -0.140. The van der Waals surface area contributed by atoms with E-state index in [1.807, 2.05) is 0 Å². The molecule has 0 aliphatic heterocycles. The predicted molar refractivity (Wildman–Crippen MR) is 46.1 cm³/mol. The van der Waals surface area contributed by atoms with E-state index < -0.39 is 23.3 Å². The van der Waals surface area contributed by atoms with E-state index in [0.717, 1.165) is 13.0 Å². The van der Waals surface area contributed by atoms with E-state index in [9.17, 15) is 22.4 Å². The maximum Gasteiger partial charge on any atom is 0.419 e. The lowest BCUT2D eigenvalue weighted by Gasteiger charge is -2.12. The smallest absolute Gasteiger partial charge is 0.295 e. The molecule has 0 saturated heterocycles. The Balaban J connectivity index is 3.41. The van der Waals surface area contributed by atoms with Crippen LogP contribution >= 0.6 is 0 Å². The summed E-state index contributed by atoms with van der Waals surface area (Å²) in [4.78, 5) is 10.9. The lowest BCUT2D eigenvalue weighted by Crippen LogP contribution is -2.12. The van der Waals surface area contributed by atoms with Crippen molar-refractivity contribution < 1.29 is 22.4 Å². The predicted octanol–water partition coefficient (Wildman–Crippen LogP) is 3.36. The number of aryl methyl sites for hydroxylation is 1. The number of carbonyl (C=O) groups excluding carboxylic acids is 1. The van der Waals surface area contributed by atoms with Crippen LogP contribution in [0.4, 0.5) is 17.6 Å². The molecular formula is C10H8F4O. The van der Waals surface area contributed by atoms with Crippen LogP contribution in [0.2, 0.25) is 0 Å². The average molecular weight is 220 g/mol. The first-order valence-electron chi connectivity index (χ1n) is 4.11. The molecule has 0 spiro atoms. The molecule has 1 nitrogen and oxygen atoms in total. The molecule has 0 saturated carbocycles. The summed E-state index contributed by atoms with van der Waals surface area (Å²) in [5, 5.41) is 0. The molecular weight excluding hydrogens is 212 g/mol. The van der Waals surface area contributed by atoms with Crippen molar-refractivity contribution in [1.82, 2.24) is 0 Å². The third kappa shape index (κ3) is 2.34. The van der Waals surface area contributed by atoms with E-state index in [1.54, 1.807) is 0 Å². The summed E-state index contributed by atoms with van der Waals surface area (Å²) in [6.45, 7) is 2.29. The first-order chi connectivity index (χ1) is 6.73. The topological polar surface area (TPSA) is 17.1 Å². The molecule has 0 atom stereocenters. The fourth-order valence-corrected chi connectivity index (χ4v) is 1.31. The van der Waals surface area contributed by atoms with Crippen molar-refractivity contribution in [3.05, 3.63) is 34.6 Å². The van der Waals surface area contributed by atoms with Gasteiger partial charge in [-0.2, -0.15) is 13.2 Å². The second kappa shape index (κ2) is 3.64. The van der Waals surface area contributed by atoms with Gasteiger partial charge in [-0.3, -0.25) is 4.79 Å². The molecule has 0 radical (unpaired) electrons. The van der Waals surface area contributed by atoms with Gasteiger partial charge in [-0.1, -0.05) is 0 Å². The molecule has 0 fully saturated rings. The second-order valence-electron chi connectivity index (χ2n) is 3.20. The van der Waals surface area contributed by atoms with Crippen LogP contribution in [0.15, 0.2) is 12.1 Å². The molecule has 82 valence electrons. The zero-order valence-electron chi connectivity index (χ0n) is 8.07. The van der Waals surface area contributed by atoms with Crippen LogP contribution in [-0.4, -0.2) is 5.78 Å². The molecule has 0 unspecified atom stereocenters. The van der Waals surface area contributed by atoms with Crippen LogP contribution in [0.5, 0.6) is 0 Å². The van der Waals surface area contributed by atoms with Gasteiger partial charge in [0.15, 0.2) is 5.78 Å². The summed E-state index contributed by atoms with van der Waals surface area (Å²) < 4.78 is 50.0. The summed E-state index contributed by atoms with van der Waals surface area (Å²) in [5.41, 5.74) is -1.65. The number of alkyl halides is 3. The van der Waals surface area contributed by atoms with E-state index in [1.165, 1.54) is 6.92 Å². The van der Waals surface area contributed by atoms with Crippen LogP contribution in [0.1, 0.15) is 28.4 Å². The number of benzene rings is 1. The average Bonchev–Trinajstić information content (AvgIpc) is 1.99. The van der Waals surface area contributed by atoms with Crippen molar-refractivity contribution in [1.29, 1.82) is 0 Å². The van der Waals surface area contributed by atoms with Gasteiger partial charge in [0, 0.05) is 5.56 Å². The van der Waals surface area contributed by atoms with Crippen LogP contribution in [-0.2, 0) is 6.18 Å². The van der Waals surface area contributed by atoms with Crippen molar-refractivity contribution >= 4 is 5.78 Å². The Hall–Kier alpha value is -1.39. The molecule has 5 heteroatoms.